The number of para-hydroxylation sites is 1. The van der Waals surface area contributed by atoms with Gasteiger partial charge in [0.25, 0.3) is 0 Å². The van der Waals surface area contributed by atoms with Crippen molar-refractivity contribution < 1.29 is 9.15 Å². The molecule has 0 saturated carbocycles. The Morgan fingerprint density at radius 1 is 1.26 bits per heavy atom. The molecule has 0 aliphatic carbocycles. The molecule has 2 heterocycles. The Morgan fingerprint density at radius 3 is 2.84 bits per heavy atom. The van der Waals surface area contributed by atoms with Crippen molar-refractivity contribution in [2.24, 2.45) is 5.73 Å². The number of ether oxygens (including phenoxy) is 1. The van der Waals surface area contributed by atoms with Gasteiger partial charge in [-0.3, -0.25) is 0 Å². The lowest BCUT2D eigenvalue weighted by Crippen LogP contribution is -2.20. The molecule has 1 aromatic carbocycles. The standard InChI is InChI=1S/C15H19NO2S/c16-13(10-19-12-5-7-17-8-6-12)15-9-11-3-1-2-4-14(11)18-15/h1-4,9,12-13H,5-8,10,16H2. The van der Waals surface area contributed by atoms with E-state index in [0.717, 1.165) is 48.5 Å². The largest absolute Gasteiger partial charge is 0.459 e. The third-order valence-electron chi connectivity index (χ3n) is 3.49. The van der Waals surface area contributed by atoms with Crippen molar-refractivity contribution in [3.63, 3.8) is 0 Å². The van der Waals surface area contributed by atoms with E-state index >= 15 is 0 Å². The van der Waals surface area contributed by atoms with Gasteiger partial charge in [0.1, 0.15) is 11.3 Å². The van der Waals surface area contributed by atoms with Crippen molar-refractivity contribution in [2.45, 2.75) is 24.1 Å². The summed E-state index contributed by atoms with van der Waals surface area (Å²) in [7, 11) is 0. The number of furan rings is 1. The van der Waals surface area contributed by atoms with Gasteiger partial charge in [-0.05, 0) is 25.0 Å². The number of fused-ring (bicyclic) bond motifs is 1. The van der Waals surface area contributed by atoms with Crippen molar-refractivity contribution in [3.05, 3.63) is 36.1 Å². The minimum Gasteiger partial charge on any atom is -0.459 e. The van der Waals surface area contributed by atoms with Crippen LogP contribution in [-0.2, 0) is 4.74 Å². The van der Waals surface area contributed by atoms with Crippen molar-refractivity contribution in [2.75, 3.05) is 19.0 Å². The topological polar surface area (TPSA) is 48.4 Å². The van der Waals surface area contributed by atoms with Crippen LogP contribution in [0.25, 0.3) is 11.0 Å². The van der Waals surface area contributed by atoms with Crippen LogP contribution in [0.2, 0.25) is 0 Å². The maximum Gasteiger partial charge on any atom is 0.134 e. The van der Waals surface area contributed by atoms with E-state index in [1.54, 1.807) is 0 Å². The molecule has 4 heteroatoms. The van der Waals surface area contributed by atoms with Crippen molar-refractivity contribution in [1.29, 1.82) is 0 Å². The molecule has 1 atom stereocenters. The van der Waals surface area contributed by atoms with Gasteiger partial charge in [0.2, 0.25) is 0 Å². The van der Waals surface area contributed by atoms with E-state index < -0.39 is 0 Å². The van der Waals surface area contributed by atoms with Gasteiger partial charge in [0.05, 0.1) is 6.04 Å². The lowest BCUT2D eigenvalue weighted by atomic mass is 10.2. The highest BCUT2D eigenvalue weighted by Crippen LogP contribution is 2.28. The van der Waals surface area contributed by atoms with Crippen LogP contribution in [0.3, 0.4) is 0 Å². The molecule has 0 bridgehead atoms. The maximum atomic E-state index is 6.23. The zero-order valence-electron chi connectivity index (χ0n) is 10.9. The number of hydrogen-bond donors (Lipinski definition) is 1. The first-order valence-corrected chi connectivity index (χ1v) is 7.81. The van der Waals surface area contributed by atoms with Gasteiger partial charge in [-0.15, -0.1) is 0 Å². The molecule has 1 fully saturated rings. The second-order valence-corrected chi connectivity index (χ2v) is 6.27. The fraction of sp³-hybridized carbons (Fsp3) is 0.467. The van der Waals surface area contributed by atoms with E-state index in [2.05, 4.69) is 12.1 Å². The van der Waals surface area contributed by atoms with Crippen LogP contribution in [0, 0.1) is 0 Å². The molecule has 0 radical (unpaired) electrons. The molecule has 102 valence electrons. The summed E-state index contributed by atoms with van der Waals surface area (Å²) in [4.78, 5) is 0. The van der Waals surface area contributed by atoms with Gasteiger partial charge < -0.3 is 14.9 Å². The molecule has 3 nitrogen and oxygen atoms in total. The average molecular weight is 277 g/mol. The highest BCUT2D eigenvalue weighted by Gasteiger charge is 2.18. The summed E-state index contributed by atoms with van der Waals surface area (Å²) in [6.07, 6.45) is 2.27. The second kappa shape index (κ2) is 5.99. The zero-order chi connectivity index (χ0) is 13.1. The number of rotatable bonds is 4. The first-order valence-electron chi connectivity index (χ1n) is 6.76. The predicted octanol–water partition coefficient (Wildman–Crippen LogP) is 3.34. The van der Waals surface area contributed by atoms with Crippen molar-refractivity contribution >= 4 is 22.7 Å². The first-order chi connectivity index (χ1) is 9.33. The molecule has 3 rings (SSSR count). The highest BCUT2D eigenvalue weighted by molar-refractivity contribution is 7.99. The fourth-order valence-corrected chi connectivity index (χ4v) is 3.52. The normalized spacial score (nSPS) is 18.8. The predicted molar refractivity (Wildman–Crippen MR) is 79.4 cm³/mol. The second-order valence-electron chi connectivity index (χ2n) is 4.94. The van der Waals surface area contributed by atoms with Crippen LogP contribution < -0.4 is 5.73 Å². The first kappa shape index (κ1) is 13.0. The molecule has 1 aliphatic rings. The Balaban J connectivity index is 1.61. The number of nitrogens with two attached hydrogens (primary N) is 1. The summed E-state index contributed by atoms with van der Waals surface area (Å²) in [5, 5.41) is 1.81. The van der Waals surface area contributed by atoms with Gasteiger partial charge in [0, 0.05) is 29.6 Å². The molecule has 1 unspecified atom stereocenters. The fourth-order valence-electron chi connectivity index (χ4n) is 2.35. The van der Waals surface area contributed by atoms with E-state index in [-0.39, 0.29) is 6.04 Å². The summed E-state index contributed by atoms with van der Waals surface area (Å²) in [5.74, 6) is 1.80. The number of thioether (sulfide) groups is 1. The maximum absolute atomic E-state index is 6.23. The smallest absolute Gasteiger partial charge is 0.134 e. The molecule has 2 aromatic rings. The summed E-state index contributed by atoms with van der Waals surface area (Å²) in [6.45, 7) is 1.77. The Labute approximate surface area is 117 Å². The van der Waals surface area contributed by atoms with E-state index in [0.29, 0.717) is 5.25 Å². The molecule has 1 aliphatic heterocycles. The monoisotopic (exact) mass is 277 g/mol. The van der Waals surface area contributed by atoms with Gasteiger partial charge in [-0.2, -0.15) is 11.8 Å². The highest BCUT2D eigenvalue weighted by atomic mass is 32.2. The molecular weight excluding hydrogens is 258 g/mol. The van der Waals surface area contributed by atoms with Crippen LogP contribution in [-0.4, -0.2) is 24.2 Å². The SMILES string of the molecule is NC(CSC1CCOCC1)c1cc2ccccc2o1. The van der Waals surface area contributed by atoms with Gasteiger partial charge in [0.15, 0.2) is 0 Å². The van der Waals surface area contributed by atoms with Gasteiger partial charge in [-0.25, -0.2) is 0 Å². The van der Waals surface area contributed by atoms with Crippen LogP contribution in [0.4, 0.5) is 0 Å². The Morgan fingerprint density at radius 2 is 2.05 bits per heavy atom. The van der Waals surface area contributed by atoms with Crippen LogP contribution in [0.15, 0.2) is 34.7 Å². The summed E-state index contributed by atoms with van der Waals surface area (Å²) in [6, 6.07) is 10.1. The third kappa shape index (κ3) is 3.14. The Bertz CT molecular complexity index is 501. The molecule has 2 N–H and O–H groups in total. The van der Waals surface area contributed by atoms with Crippen LogP contribution in [0.5, 0.6) is 0 Å². The zero-order valence-corrected chi connectivity index (χ0v) is 11.7. The van der Waals surface area contributed by atoms with E-state index in [1.807, 2.05) is 30.0 Å². The van der Waals surface area contributed by atoms with Crippen molar-refractivity contribution in [3.8, 4) is 0 Å². The van der Waals surface area contributed by atoms with Crippen LogP contribution in [0.1, 0.15) is 24.6 Å². The quantitative estimate of drug-likeness (QED) is 0.931. The van der Waals surface area contributed by atoms with Gasteiger partial charge in [-0.1, -0.05) is 18.2 Å². The lowest BCUT2D eigenvalue weighted by Gasteiger charge is -2.22. The van der Waals surface area contributed by atoms with E-state index in [4.69, 9.17) is 14.9 Å². The average Bonchev–Trinajstić information content (AvgIpc) is 2.90. The Kier molecular flexibility index (Phi) is 4.11. The minimum atomic E-state index is -0.0276. The van der Waals surface area contributed by atoms with E-state index in [9.17, 15) is 0 Å². The lowest BCUT2D eigenvalue weighted by molar-refractivity contribution is 0.1000. The van der Waals surface area contributed by atoms with Crippen LogP contribution >= 0.6 is 11.8 Å². The molecule has 0 spiro atoms. The van der Waals surface area contributed by atoms with Gasteiger partial charge >= 0.3 is 0 Å². The molecule has 1 saturated heterocycles. The summed E-state index contributed by atoms with van der Waals surface area (Å²) >= 11 is 1.95. The summed E-state index contributed by atoms with van der Waals surface area (Å²) in [5.41, 5.74) is 7.15. The van der Waals surface area contributed by atoms with E-state index in [1.165, 1.54) is 0 Å². The minimum absolute atomic E-state index is 0.0276. The Hall–Kier alpha value is -0.970. The summed E-state index contributed by atoms with van der Waals surface area (Å²) < 4.78 is 11.2. The molecule has 0 amide bonds. The molecule has 19 heavy (non-hydrogen) atoms. The number of benzene rings is 1. The third-order valence-corrected chi connectivity index (χ3v) is 4.98. The van der Waals surface area contributed by atoms with Crippen molar-refractivity contribution in [1.82, 2.24) is 0 Å². The number of hydrogen-bond acceptors (Lipinski definition) is 4. The molecular formula is C15H19NO2S. The molecule has 1 aromatic heterocycles.